The van der Waals surface area contributed by atoms with Crippen LogP contribution in [0.3, 0.4) is 0 Å². The molecule has 3 aliphatic rings. The first-order valence-electron chi connectivity index (χ1n) is 9.92. The molecule has 0 amide bonds. The minimum Gasteiger partial charge on any atom is -0.0533 e. The molecule has 0 aromatic carbocycles. The fraction of sp³-hybridized carbons (Fsp3) is 1.00. The van der Waals surface area contributed by atoms with Crippen LogP contribution in [0.15, 0.2) is 0 Å². The van der Waals surface area contributed by atoms with Crippen molar-refractivity contribution in [2.45, 2.75) is 103 Å². The number of hydrogen-bond donors (Lipinski definition) is 0. The molecule has 0 aliphatic heterocycles. The first kappa shape index (κ1) is 14.9. The van der Waals surface area contributed by atoms with Crippen LogP contribution in [0.2, 0.25) is 0 Å². The van der Waals surface area contributed by atoms with Crippen LogP contribution in [0, 0.1) is 23.7 Å². The Morgan fingerprint density at radius 1 is 0.450 bits per heavy atom. The van der Waals surface area contributed by atoms with E-state index >= 15 is 0 Å². The first-order valence-corrected chi connectivity index (χ1v) is 9.92. The largest absolute Gasteiger partial charge is 0.0533 e. The van der Waals surface area contributed by atoms with Gasteiger partial charge in [-0.1, -0.05) is 89.9 Å². The Morgan fingerprint density at radius 2 is 1.00 bits per heavy atom. The highest BCUT2D eigenvalue weighted by atomic mass is 14.4. The Bertz CT molecular complexity index is 255. The van der Waals surface area contributed by atoms with E-state index in [4.69, 9.17) is 0 Å². The summed E-state index contributed by atoms with van der Waals surface area (Å²) >= 11 is 0. The minimum atomic E-state index is 1.11. The van der Waals surface area contributed by atoms with Gasteiger partial charge in [-0.25, -0.2) is 0 Å². The van der Waals surface area contributed by atoms with Crippen LogP contribution in [-0.4, -0.2) is 0 Å². The molecule has 2 atom stereocenters. The Labute approximate surface area is 127 Å². The molecule has 20 heavy (non-hydrogen) atoms. The SMILES string of the molecule is C1CCCCC(C2CCCC(CC3CCC3)C2)CCC1. The molecule has 3 fully saturated rings. The van der Waals surface area contributed by atoms with Crippen molar-refractivity contribution in [2.24, 2.45) is 23.7 Å². The van der Waals surface area contributed by atoms with Gasteiger partial charge in [0.25, 0.3) is 0 Å². The molecule has 0 bridgehead atoms. The summed E-state index contributed by atoms with van der Waals surface area (Å²) in [5.74, 6) is 4.48. The fourth-order valence-electron chi connectivity index (χ4n) is 5.31. The lowest BCUT2D eigenvalue weighted by Crippen LogP contribution is -2.25. The maximum atomic E-state index is 1.61. The van der Waals surface area contributed by atoms with Gasteiger partial charge < -0.3 is 0 Å². The van der Waals surface area contributed by atoms with Gasteiger partial charge in [-0.2, -0.15) is 0 Å². The number of hydrogen-bond acceptors (Lipinski definition) is 0. The van der Waals surface area contributed by atoms with Crippen LogP contribution >= 0.6 is 0 Å². The topological polar surface area (TPSA) is 0 Å². The normalized spacial score (nSPS) is 34.8. The van der Waals surface area contributed by atoms with Gasteiger partial charge in [0, 0.05) is 0 Å². The average Bonchev–Trinajstić information content (AvgIpc) is 2.57. The molecule has 0 N–H and O–H groups in total. The van der Waals surface area contributed by atoms with Crippen molar-refractivity contribution in [1.82, 2.24) is 0 Å². The van der Waals surface area contributed by atoms with Crippen LogP contribution in [0.5, 0.6) is 0 Å². The standard InChI is InChI=1S/C20H36/c1-2-4-6-13-19(12-5-3-1)20-14-8-11-18(16-20)15-17-9-7-10-17/h17-20H,1-16H2. The molecule has 0 saturated heterocycles. The van der Waals surface area contributed by atoms with E-state index in [0.717, 1.165) is 23.7 Å². The molecule has 0 heteroatoms. The molecule has 0 aromatic rings. The van der Waals surface area contributed by atoms with Crippen molar-refractivity contribution in [2.75, 3.05) is 0 Å². The zero-order valence-corrected chi connectivity index (χ0v) is 13.6. The van der Waals surface area contributed by atoms with Crippen molar-refractivity contribution < 1.29 is 0 Å². The average molecular weight is 277 g/mol. The summed E-state index contributed by atoms with van der Waals surface area (Å²) in [6.07, 6.45) is 24.9. The second-order valence-corrected chi connectivity index (χ2v) is 8.28. The molecule has 0 aromatic heterocycles. The predicted octanol–water partition coefficient (Wildman–Crippen LogP) is 6.73. The van der Waals surface area contributed by atoms with E-state index in [1.54, 1.807) is 57.8 Å². The summed E-state index contributed by atoms with van der Waals surface area (Å²) in [6.45, 7) is 0. The smallest absolute Gasteiger partial charge is 0.0383 e. The monoisotopic (exact) mass is 276 g/mol. The van der Waals surface area contributed by atoms with Gasteiger partial charge in [-0.3, -0.25) is 0 Å². The second kappa shape index (κ2) is 7.85. The third-order valence-electron chi connectivity index (χ3n) is 6.78. The number of rotatable bonds is 3. The van der Waals surface area contributed by atoms with E-state index < -0.39 is 0 Å². The van der Waals surface area contributed by atoms with Crippen molar-refractivity contribution >= 4 is 0 Å². The molecule has 116 valence electrons. The molecule has 0 spiro atoms. The van der Waals surface area contributed by atoms with E-state index in [-0.39, 0.29) is 0 Å². The van der Waals surface area contributed by atoms with Crippen molar-refractivity contribution in [1.29, 1.82) is 0 Å². The van der Waals surface area contributed by atoms with Crippen molar-refractivity contribution in [3.63, 3.8) is 0 Å². The Hall–Kier alpha value is 0. The van der Waals surface area contributed by atoms with Crippen LogP contribution < -0.4 is 0 Å². The minimum absolute atomic E-state index is 1.11. The zero-order chi connectivity index (χ0) is 13.6. The lowest BCUT2D eigenvalue weighted by molar-refractivity contribution is 0.140. The Morgan fingerprint density at radius 3 is 1.65 bits per heavy atom. The Balaban J connectivity index is 1.48. The lowest BCUT2D eigenvalue weighted by Gasteiger charge is -2.38. The third kappa shape index (κ3) is 4.25. The van der Waals surface area contributed by atoms with Crippen LogP contribution in [-0.2, 0) is 0 Å². The van der Waals surface area contributed by atoms with Gasteiger partial charge in [0.15, 0.2) is 0 Å². The summed E-state index contributed by atoms with van der Waals surface area (Å²) in [5, 5.41) is 0. The van der Waals surface area contributed by atoms with E-state index in [1.807, 2.05) is 0 Å². The van der Waals surface area contributed by atoms with Crippen molar-refractivity contribution in [3.8, 4) is 0 Å². The lowest BCUT2D eigenvalue weighted by atomic mass is 9.68. The summed E-state index contributed by atoms with van der Waals surface area (Å²) < 4.78 is 0. The molecular weight excluding hydrogens is 240 g/mol. The van der Waals surface area contributed by atoms with E-state index in [1.165, 1.54) is 44.9 Å². The van der Waals surface area contributed by atoms with Gasteiger partial charge in [-0.15, -0.1) is 0 Å². The molecule has 3 saturated carbocycles. The van der Waals surface area contributed by atoms with Crippen LogP contribution in [0.4, 0.5) is 0 Å². The summed E-state index contributed by atoms with van der Waals surface area (Å²) in [5.41, 5.74) is 0. The molecule has 0 heterocycles. The van der Waals surface area contributed by atoms with Crippen LogP contribution in [0.1, 0.15) is 103 Å². The predicted molar refractivity (Wildman–Crippen MR) is 87.8 cm³/mol. The maximum absolute atomic E-state index is 1.61. The van der Waals surface area contributed by atoms with E-state index in [2.05, 4.69) is 0 Å². The fourth-order valence-corrected chi connectivity index (χ4v) is 5.31. The molecular formula is C20H36. The quantitative estimate of drug-likeness (QED) is 0.536. The van der Waals surface area contributed by atoms with E-state index in [9.17, 15) is 0 Å². The highest BCUT2D eigenvalue weighted by Crippen LogP contribution is 2.43. The summed E-state index contributed by atoms with van der Waals surface area (Å²) in [4.78, 5) is 0. The van der Waals surface area contributed by atoms with Gasteiger partial charge in [0.1, 0.15) is 0 Å². The molecule has 0 nitrogen and oxygen atoms in total. The van der Waals surface area contributed by atoms with Crippen LogP contribution in [0.25, 0.3) is 0 Å². The zero-order valence-electron chi connectivity index (χ0n) is 13.6. The third-order valence-corrected chi connectivity index (χ3v) is 6.78. The maximum Gasteiger partial charge on any atom is -0.0383 e. The summed E-state index contributed by atoms with van der Waals surface area (Å²) in [7, 11) is 0. The van der Waals surface area contributed by atoms with Gasteiger partial charge >= 0.3 is 0 Å². The molecule has 2 unspecified atom stereocenters. The van der Waals surface area contributed by atoms with Crippen molar-refractivity contribution in [3.05, 3.63) is 0 Å². The summed E-state index contributed by atoms with van der Waals surface area (Å²) in [6, 6.07) is 0. The molecule has 3 rings (SSSR count). The Kier molecular flexibility index (Phi) is 5.86. The molecule has 0 radical (unpaired) electrons. The van der Waals surface area contributed by atoms with Gasteiger partial charge in [0.05, 0.1) is 0 Å². The highest BCUT2D eigenvalue weighted by molar-refractivity contribution is 4.82. The molecule has 3 aliphatic carbocycles. The van der Waals surface area contributed by atoms with Gasteiger partial charge in [-0.05, 0) is 36.5 Å². The van der Waals surface area contributed by atoms with Gasteiger partial charge in [0.2, 0.25) is 0 Å². The highest BCUT2D eigenvalue weighted by Gasteiger charge is 2.30. The second-order valence-electron chi connectivity index (χ2n) is 8.28. The van der Waals surface area contributed by atoms with E-state index in [0.29, 0.717) is 0 Å². The first-order chi connectivity index (χ1) is 9.92.